The van der Waals surface area contributed by atoms with Crippen LogP contribution in [0.2, 0.25) is 0 Å². The number of rotatable bonds is 3. The Bertz CT molecular complexity index is 297. The highest BCUT2D eigenvalue weighted by Crippen LogP contribution is 2.23. The first kappa shape index (κ1) is 11.0. The Hall–Kier alpha value is -1.05. The van der Waals surface area contributed by atoms with E-state index in [1.54, 1.807) is 0 Å². The third-order valence-corrected chi connectivity index (χ3v) is 2.51. The summed E-state index contributed by atoms with van der Waals surface area (Å²) in [6.45, 7) is 9.89. The molecule has 0 aliphatic carbocycles. The SMILES string of the molecule is CCOC1=C(C)C=NCC(CC)=C1C. The van der Waals surface area contributed by atoms with Crippen LogP contribution in [-0.2, 0) is 4.74 Å². The maximum Gasteiger partial charge on any atom is 0.126 e. The van der Waals surface area contributed by atoms with Crippen molar-refractivity contribution in [3.8, 4) is 0 Å². The van der Waals surface area contributed by atoms with Crippen LogP contribution in [-0.4, -0.2) is 19.4 Å². The lowest BCUT2D eigenvalue weighted by atomic mass is 10.0. The fourth-order valence-corrected chi connectivity index (χ4v) is 1.67. The van der Waals surface area contributed by atoms with Crippen LogP contribution in [0.3, 0.4) is 0 Å². The van der Waals surface area contributed by atoms with Crippen LogP contribution < -0.4 is 0 Å². The summed E-state index contributed by atoms with van der Waals surface area (Å²) in [7, 11) is 0. The number of allylic oxidation sites excluding steroid dienone is 2. The highest BCUT2D eigenvalue weighted by molar-refractivity contribution is 5.80. The first-order valence-corrected chi connectivity index (χ1v) is 5.23. The number of hydrogen-bond donors (Lipinski definition) is 0. The molecule has 0 radical (unpaired) electrons. The summed E-state index contributed by atoms with van der Waals surface area (Å²) in [6, 6.07) is 0. The molecule has 0 spiro atoms. The molecule has 1 rings (SSSR count). The minimum absolute atomic E-state index is 0.717. The quantitative estimate of drug-likeness (QED) is 0.675. The molecule has 0 unspecified atom stereocenters. The van der Waals surface area contributed by atoms with Crippen LogP contribution >= 0.6 is 0 Å². The zero-order valence-corrected chi connectivity index (χ0v) is 9.55. The molecule has 2 nitrogen and oxygen atoms in total. The van der Waals surface area contributed by atoms with E-state index in [1.807, 2.05) is 13.1 Å². The van der Waals surface area contributed by atoms with E-state index in [9.17, 15) is 0 Å². The zero-order valence-electron chi connectivity index (χ0n) is 9.55. The van der Waals surface area contributed by atoms with Gasteiger partial charge in [0.15, 0.2) is 0 Å². The van der Waals surface area contributed by atoms with Gasteiger partial charge in [0.25, 0.3) is 0 Å². The Balaban J connectivity index is 3.08. The van der Waals surface area contributed by atoms with Gasteiger partial charge in [-0.05, 0) is 38.3 Å². The molecule has 0 aromatic heterocycles. The summed E-state index contributed by atoms with van der Waals surface area (Å²) in [5.41, 5.74) is 3.78. The van der Waals surface area contributed by atoms with Crippen molar-refractivity contribution in [3.63, 3.8) is 0 Å². The van der Waals surface area contributed by atoms with Crippen LogP contribution in [0.1, 0.15) is 34.1 Å². The molecule has 78 valence electrons. The summed E-state index contributed by atoms with van der Waals surface area (Å²) >= 11 is 0. The first-order valence-electron chi connectivity index (χ1n) is 5.23. The normalized spacial score (nSPS) is 17.4. The van der Waals surface area contributed by atoms with Gasteiger partial charge in [-0.3, -0.25) is 4.99 Å². The van der Waals surface area contributed by atoms with E-state index in [4.69, 9.17) is 4.74 Å². The molecule has 14 heavy (non-hydrogen) atoms. The summed E-state index contributed by atoms with van der Waals surface area (Å²) in [6.07, 6.45) is 2.96. The molecule has 0 N–H and O–H groups in total. The predicted molar refractivity (Wildman–Crippen MR) is 60.7 cm³/mol. The average Bonchev–Trinajstić information content (AvgIpc) is 2.30. The number of ether oxygens (including phenoxy) is 1. The lowest BCUT2D eigenvalue weighted by Crippen LogP contribution is -2.00. The first-order chi connectivity index (χ1) is 6.70. The summed E-state index contributed by atoms with van der Waals surface area (Å²) in [5, 5.41) is 0. The minimum Gasteiger partial charge on any atom is -0.493 e. The van der Waals surface area contributed by atoms with E-state index >= 15 is 0 Å². The lowest BCUT2D eigenvalue weighted by Gasteiger charge is -2.12. The van der Waals surface area contributed by atoms with Gasteiger partial charge in [0.05, 0.1) is 13.2 Å². The van der Waals surface area contributed by atoms with Crippen molar-refractivity contribution in [1.82, 2.24) is 0 Å². The van der Waals surface area contributed by atoms with Crippen molar-refractivity contribution >= 4 is 6.21 Å². The molecular weight excluding hydrogens is 174 g/mol. The number of hydrogen-bond acceptors (Lipinski definition) is 2. The van der Waals surface area contributed by atoms with Gasteiger partial charge >= 0.3 is 0 Å². The average molecular weight is 193 g/mol. The van der Waals surface area contributed by atoms with Gasteiger partial charge in [-0.15, -0.1) is 0 Å². The Labute approximate surface area is 86.4 Å². The topological polar surface area (TPSA) is 21.6 Å². The van der Waals surface area contributed by atoms with Crippen molar-refractivity contribution < 1.29 is 4.74 Å². The predicted octanol–water partition coefficient (Wildman–Crippen LogP) is 3.11. The molecule has 0 amide bonds. The third-order valence-electron chi connectivity index (χ3n) is 2.51. The second-order valence-electron chi connectivity index (χ2n) is 3.50. The Morgan fingerprint density at radius 1 is 1.36 bits per heavy atom. The van der Waals surface area contributed by atoms with Crippen molar-refractivity contribution in [2.45, 2.75) is 34.1 Å². The van der Waals surface area contributed by atoms with E-state index in [0.29, 0.717) is 0 Å². The van der Waals surface area contributed by atoms with Gasteiger partial charge in [0, 0.05) is 11.8 Å². The maximum absolute atomic E-state index is 5.65. The highest BCUT2D eigenvalue weighted by Gasteiger charge is 2.12. The van der Waals surface area contributed by atoms with E-state index in [2.05, 4.69) is 25.8 Å². The van der Waals surface area contributed by atoms with E-state index in [1.165, 1.54) is 11.1 Å². The molecule has 1 aliphatic rings. The zero-order chi connectivity index (χ0) is 10.6. The lowest BCUT2D eigenvalue weighted by molar-refractivity contribution is 0.235. The number of aliphatic imine (C=N–C) groups is 1. The van der Waals surface area contributed by atoms with Crippen molar-refractivity contribution in [1.29, 1.82) is 0 Å². The molecule has 0 aromatic rings. The van der Waals surface area contributed by atoms with Gasteiger partial charge in [-0.2, -0.15) is 0 Å². The van der Waals surface area contributed by atoms with Crippen LogP contribution in [0, 0.1) is 0 Å². The third kappa shape index (κ3) is 2.25. The van der Waals surface area contributed by atoms with Gasteiger partial charge in [-0.1, -0.05) is 6.92 Å². The fourth-order valence-electron chi connectivity index (χ4n) is 1.67. The summed E-state index contributed by atoms with van der Waals surface area (Å²) in [4.78, 5) is 4.37. The summed E-state index contributed by atoms with van der Waals surface area (Å²) < 4.78 is 5.65. The molecule has 0 aromatic carbocycles. The van der Waals surface area contributed by atoms with Crippen LogP contribution in [0.4, 0.5) is 0 Å². The molecule has 0 fully saturated rings. The van der Waals surface area contributed by atoms with Crippen molar-refractivity contribution in [2.75, 3.05) is 13.2 Å². The second-order valence-corrected chi connectivity index (χ2v) is 3.50. The van der Waals surface area contributed by atoms with Crippen molar-refractivity contribution in [2.24, 2.45) is 4.99 Å². The van der Waals surface area contributed by atoms with Gasteiger partial charge in [0.1, 0.15) is 5.76 Å². The molecule has 2 heteroatoms. The largest absolute Gasteiger partial charge is 0.493 e. The maximum atomic E-state index is 5.65. The molecule has 0 saturated heterocycles. The van der Waals surface area contributed by atoms with E-state index in [0.717, 1.165) is 30.9 Å². The van der Waals surface area contributed by atoms with Crippen molar-refractivity contribution in [3.05, 3.63) is 22.5 Å². The molecule has 1 aliphatic heterocycles. The Kier molecular flexibility index (Phi) is 3.93. The molecule has 1 heterocycles. The van der Waals surface area contributed by atoms with E-state index < -0.39 is 0 Å². The Morgan fingerprint density at radius 2 is 2.07 bits per heavy atom. The fraction of sp³-hybridized carbons (Fsp3) is 0.583. The molecular formula is C12H19NO. The standard InChI is InChI=1S/C12H19NO/c1-5-11-8-13-7-9(3)12(10(11)4)14-6-2/h7H,5-6,8H2,1-4H3. The highest BCUT2D eigenvalue weighted by atomic mass is 16.5. The van der Waals surface area contributed by atoms with Crippen LogP contribution in [0.25, 0.3) is 0 Å². The van der Waals surface area contributed by atoms with E-state index in [-0.39, 0.29) is 0 Å². The number of nitrogens with zero attached hydrogens (tertiary/aromatic N) is 1. The smallest absolute Gasteiger partial charge is 0.126 e. The molecule has 0 atom stereocenters. The minimum atomic E-state index is 0.717. The van der Waals surface area contributed by atoms with Gasteiger partial charge < -0.3 is 4.74 Å². The monoisotopic (exact) mass is 193 g/mol. The summed E-state index contributed by atoms with van der Waals surface area (Å²) in [5.74, 6) is 1.02. The molecule has 0 saturated carbocycles. The van der Waals surface area contributed by atoms with Crippen LogP contribution in [0.15, 0.2) is 27.5 Å². The second kappa shape index (κ2) is 4.99. The van der Waals surface area contributed by atoms with Gasteiger partial charge in [-0.25, -0.2) is 0 Å². The van der Waals surface area contributed by atoms with Crippen LogP contribution in [0.5, 0.6) is 0 Å². The molecule has 0 bridgehead atoms. The van der Waals surface area contributed by atoms with Gasteiger partial charge in [0.2, 0.25) is 0 Å². The Morgan fingerprint density at radius 3 is 2.64 bits per heavy atom.